The van der Waals surface area contributed by atoms with Crippen LogP contribution in [-0.4, -0.2) is 42.4 Å². The number of carbonyl (C=O) groups excluding carboxylic acids is 2. The van der Waals surface area contributed by atoms with E-state index in [4.69, 9.17) is 0 Å². The maximum Gasteiger partial charge on any atom is 0.246 e. The predicted molar refractivity (Wildman–Crippen MR) is 83.2 cm³/mol. The monoisotopic (exact) mass is 296 g/mol. The van der Waals surface area contributed by atoms with Crippen molar-refractivity contribution in [3.8, 4) is 0 Å². The highest BCUT2D eigenvalue weighted by Crippen LogP contribution is 2.15. The third-order valence-corrected chi connectivity index (χ3v) is 3.38. The Kier molecular flexibility index (Phi) is 8.00. The quantitative estimate of drug-likeness (QED) is 0.317. The second-order valence-electron chi connectivity index (χ2n) is 5.61. The van der Waals surface area contributed by atoms with Crippen LogP contribution in [0.4, 0.5) is 0 Å². The number of rotatable bonds is 10. The molecule has 1 atom stereocenters. The zero-order valence-electron chi connectivity index (χ0n) is 13.3. The van der Waals surface area contributed by atoms with Crippen LogP contribution in [0.2, 0.25) is 0 Å². The molecule has 1 heterocycles. The lowest BCUT2D eigenvalue weighted by Crippen LogP contribution is -2.41. The Balaban J connectivity index is 2.20. The van der Waals surface area contributed by atoms with Gasteiger partial charge in [-0.2, -0.15) is 0 Å². The van der Waals surface area contributed by atoms with Crippen LogP contribution >= 0.6 is 0 Å². The standard InChI is InChI=1S/C15H28N4O2/c1-12(2)18-13-11-14(20)19(15(13)21)10-8-6-4-5-7-9-17-16-3/h7,9,12-13,16-18H,4-6,8,10-11H2,1-3H3. The molecule has 6 nitrogen and oxygen atoms in total. The van der Waals surface area contributed by atoms with E-state index in [-0.39, 0.29) is 23.9 Å². The van der Waals surface area contributed by atoms with E-state index in [9.17, 15) is 9.59 Å². The molecule has 0 spiro atoms. The Morgan fingerprint density at radius 3 is 2.71 bits per heavy atom. The van der Waals surface area contributed by atoms with Crippen LogP contribution in [0.15, 0.2) is 12.3 Å². The number of hydrogen-bond donors (Lipinski definition) is 3. The highest BCUT2D eigenvalue weighted by atomic mass is 16.2. The molecule has 2 amide bonds. The molecule has 1 aliphatic heterocycles. The molecule has 1 fully saturated rings. The van der Waals surface area contributed by atoms with Gasteiger partial charge in [-0.15, -0.1) is 0 Å². The van der Waals surface area contributed by atoms with Gasteiger partial charge in [-0.1, -0.05) is 26.3 Å². The van der Waals surface area contributed by atoms with E-state index in [2.05, 4.69) is 22.2 Å². The van der Waals surface area contributed by atoms with Gasteiger partial charge in [-0.3, -0.25) is 14.5 Å². The van der Waals surface area contributed by atoms with Gasteiger partial charge in [0, 0.05) is 25.8 Å². The number of hydrogen-bond acceptors (Lipinski definition) is 5. The molecule has 120 valence electrons. The molecule has 1 rings (SSSR count). The van der Waals surface area contributed by atoms with Crippen molar-refractivity contribution in [1.82, 2.24) is 21.1 Å². The number of imide groups is 1. The normalized spacial score (nSPS) is 19.2. The molecule has 1 aliphatic rings. The van der Waals surface area contributed by atoms with Gasteiger partial charge >= 0.3 is 0 Å². The summed E-state index contributed by atoms with van der Waals surface area (Å²) >= 11 is 0. The lowest BCUT2D eigenvalue weighted by atomic mass is 10.2. The van der Waals surface area contributed by atoms with Gasteiger partial charge in [0.1, 0.15) is 0 Å². The summed E-state index contributed by atoms with van der Waals surface area (Å²) < 4.78 is 0. The maximum absolute atomic E-state index is 12.1. The highest BCUT2D eigenvalue weighted by molar-refractivity contribution is 6.05. The first-order valence-electron chi connectivity index (χ1n) is 7.73. The summed E-state index contributed by atoms with van der Waals surface area (Å²) in [4.78, 5) is 25.4. The van der Waals surface area contributed by atoms with Gasteiger partial charge in [0.25, 0.3) is 0 Å². The van der Waals surface area contributed by atoms with E-state index in [1.807, 2.05) is 27.1 Å². The topological polar surface area (TPSA) is 73.5 Å². The van der Waals surface area contributed by atoms with Gasteiger partial charge < -0.3 is 10.7 Å². The zero-order chi connectivity index (χ0) is 15.7. The van der Waals surface area contributed by atoms with Crippen LogP contribution in [0.3, 0.4) is 0 Å². The molecule has 0 radical (unpaired) electrons. The number of amides is 2. The molecule has 0 aliphatic carbocycles. The minimum absolute atomic E-state index is 0.0451. The Hall–Kier alpha value is -1.40. The lowest BCUT2D eigenvalue weighted by Gasteiger charge is -2.16. The van der Waals surface area contributed by atoms with E-state index in [1.165, 1.54) is 4.90 Å². The molecule has 6 heteroatoms. The highest BCUT2D eigenvalue weighted by Gasteiger charge is 2.37. The fraction of sp³-hybridized carbons (Fsp3) is 0.733. The van der Waals surface area contributed by atoms with Crippen LogP contribution < -0.4 is 16.2 Å². The fourth-order valence-electron chi connectivity index (χ4n) is 2.39. The summed E-state index contributed by atoms with van der Waals surface area (Å²) in [6.45, 7) is 4.51. The predicted octanol–water partition coefficient (Wildman–Crippen LogP) is 0.910. The Morgan fingerprint density at radius 2 is 2.05 bits per heavy atom. The number of nitrogens with one attached hydrogen (secondary N) is 3. The van der Waals surface area contributed by atoms with Gasteiger partial charge in [0.2, 0.25) is 11.8 Å². The molecule has 1 unspecified atom stereocenters. The second-order valence-corrected chi connectivity index (χ2v) is 5.61. The van der Waals surface area contributed by atoms with Crippen molar-refractivity contribution in [3.63, 3.8) is 0 Å². The van der Waals surface area contributed by atoms with Crippen LogP contribution in [0.25, 0.3) is 0 Å². The molecular weight excluding hydrogens is 268 g/mol. The molecule has 3 N–H and O–H groups in total. The van der Waals surface area contributed by atoms with Crippen molar-refractivity contribution in [2.75, 3.05) is 13.6 Å². The molecule has 21 heavy (non-hydrogen) atoms. The first-order chi connectivity index (χ1) is 10.1. The van der Waals surface area contributed by atoms with E-state index >= 15 is 0 Å². The van der Waals surface area contributed by atoms with Crippen LogP contribution in [0.1, 0.15) is 46.0 Å². The Labute approximate surface area is 127 Å². The second kappa shape index (κ2) is 9.52. The van der Waals surface area contributed by atoms with Gasteiger partial charge in [-0.25, -0.2) is 5.43 Å². The average Bonchev–Trinajstić information content (AvgIpc) is 2.68. The van der Waals surface area contributed by atoms with Crippen molar-refractivity contribution in [2.24, 2.45) is 0 Å². The third kappa shape index (κ3) is 6.27. The van der Waals surface area contributed by atoms with E-state index in [1.54, 1.807) is 0 Å². The molecule has 0 aromatic rings. The van der Waals surface area contributed by atoms with E-state index in [0.717, 1.165) is 25.7 Å². The SMILES string of the molecule is CNNC=CCCCCCN1C(=O)CC(NC(C)C)C1=O. The van der Waals surface area contributed by atoms with Crippen LogP contribution in [0, 0.1) is 0 Å². The van der Waals surface area contributed by atoms with Crippen molar-refractivity contribution in [2.45, 2.75) is 58.0 Å². The number of allylic oxidation sites excluding steroid dienone is 1. The summed E-state index contributed by atoms with van der Waals surface area (Å²) in [5, 5.41) is 3.15. The van der Waals surface area contributed by atoms with E-state index < -0.39 is 0 Å². The number of carbonyl (C=O) groups is 2. The van der Waals surface area contributed by atoms with Gasteiger partial charge in [-0.05, 0) is 19.3 Å². The number of likely N-dealkylation sites (tertiary alicyclic amines) is 1. The summed E-state index contributed by atoms with van der Waals surface area (Å²) in [5.74, 6) is -0.108. The summed E-state index contributed by atoms with van der Waals surface area (Å²) in [6, 6.07) is -0.113. The van der Waals surface area contributed by atoms with E-state index in [0.29, 0.717) is 13.0 Å². The van der Waals surface area contributed by atoms with Gasteiger partial charge in [0.05, 0.1) is 12.5 Å². The smallest absolute Gasteiger partial charge is 0.246 e. The number of nitrogens with zero attached hydrogens (tertiary/aromatic N) is 1. The van der Waals surface area contributed by atoms with Crippen LogP contribution in [0.5, 0.6) is 0 Å². The minimum atomic E-state index is -0.326. The number of unbranched alkanes of at least 4 members (excludes halogenated alkanes) is 3. The van der Waals surface area contributed by atoms with Gasteiger partial charge in [0.15, 0.2) is 0 Å². The van der Waals surface area contributed by atoms with Crippen LogP contribution in [-0.2, 0) is 9.59 Å². The Morgan fingerprint density at radius 1 is 1.29 bits per heavy atom. The first-order valence-corrected chi connectivity index (χ1v) is 7.73. The van der Waals surface area contributed by atoms with Crippen molar-refractivity contribution in [1.29, 1.82) is 0 Å². The first kappa shape index (κ1) is 17.7. The fourth-order valence-corrected chi connectivity index (χ4v) is 2.39. The minimum Gasteiger partial charge on any atom is -0.329 e. The Bertz CT molecular complexity index is 369. The van der Waals surface area contributed by atoms with Crippen molar-refractivity contribution in [3.05, 3.63) is 12.3 Å². The summed E-state index contributed by atoms with van der Waals surface area (Å²) in [6.07, 6.45) is 8.18. The largest absolute Gasteiger partial charge is 0.329 e. The van der Waals surface area contributed by atoms with Crippen molar-refractivity contribution < 1.29 is 9.59 Å². The average molecular weight is 296 g/mol. The molecule has 0 aromatic carbocycles. The summed E-state index contributed by atoms with van der Waals surface area (Å²) in [7, 11) is 1.82. The van der Waals surface area contributed by atoms with Crippen molar-refractivity contribution >= 4 is 11.8 Å². The maximum atomic E-state index is 12.1. The summed E-state index contributed by atoms with van der Waals surface area (Å²) in [5.41, 5.74) is 5.69. The molecular formula is C15H28N4O2. The third-order valence-electron chi connectivity index (χ3n) is 3.38. The lowest BCUT2D eigenvalue weighted by molar-refractivity contribution is -0.138. The molecule has 0 aromatic heterocycles. The molecule has 1 saturated heterocycles. The zero-order valence-corrected chi connectivity index (χ0v) is 13.3. The number of hydrazine groups is 1. The molecule has 0 bridgehead atoms. The molecule has 0 saturated carbocycles.